The van der Waals surface area contributed by atoms with Gasteiger partial charge in [0.1, 0.15) is 0 Å². The van der Waals surface area contributed by atoms with E-state index in [1.165, 1.54) is 19.3 Å². The molecule has 0 unspecified atom stereocenters. The van der Waals surface area contributed by atoms with Gasteiger partial charge in [-0.15, -0.1) is 0 Å². The van der Waals surface area contributed by atoms with Crippen molar-refractivity contribution in [2.75, 3.05) is 26.2 Å². The van der Waals surface area contributed by atoms with Gasteiger partial charge in [0, 0.05) is 19.6 Å². The van der Waals surface area contributed by atoms with Gasteiger partial charge in [-0.05, 0) is 38.5 Å². The van der Waals surface area contributed by atoms with Gasteiger partial charge in [0.2, 0.25) is 5.91 Å². The van der Waals surface area contributed by atoms with Gasteiger partial charge in [0.05, 0.1) is 6.54 Å². The van der Waals surface area contributed by atoms with Crippen LogP contribution in [0.4, 0.5) is 0 Å². The third-order valence-electron chi connectivity index (χ3n) is 3.60. The maximum absolute atomic E-state index is 11.7. The van der Waals surface area contributed by atoms with Crippen molar-refractivity contribution in [1.82, 2.24) is 10.2 Å². The Labute approximate surface area is 93.2 Å². The van der Waals surface area contributed by atoms with E-state index < -0.39 is 0 Å². The molecule has 1 rings (SSSR count). The fourth-order valence-corrected chi connectivity index (χ4v) is 1.95. The van der Waals surface area contributed by atoms with E-state index in [0.717, 1.165) is 19.6 Å². The molecule has 0 aromatic heterocycles. The Morgan fingerprint density at radius 1 is 1.27 bits per heavy atom. The van der Waals surface area contributed by atoms with Gasteiger partial charge in [0.25, 0.3) is 0 Å². The van der Waals surface area contributed by atoms with Gasteiger partial charge < -0.3 is 10.2 Å². The van der Waals surface area contributed by atoms with E-state index in [4.69, 9.17) is 0 Å². The van der Waals surface area contributed by atoms with Crippen LogP contribution in [0, 0.1) is 5.41 Å². The second-order valence-electron chi connectivity index (χ2n) is 4.52. The lowest BCUT2D eigenvalue weighted by molar-refractivity contribution is -0.129. The highest BCUT2D eigenvalue weighted by Crippen LogP contribution is 2.47. The zero-order valence-electron chi connectivity index (χ0n) is 10.3. The fraction of sp³-hybridized carbons (Fsp3) is 0.917. The van der Waals surface area contributed by atoms with Gasteiger partial charge in [-0.2, -0.15) is 0 Å². The molecule has 1 amide bonds. The first-order chi connectivity index (χ1) is 7.17. The van der Waals surface area contributed by atoms with Crippen molar-refractivity contribution >= 4 is 5.91 Å². The predicted molar refractivity (Wildman–Crippen MR) is 62.8 cm³/mol. The highest BCUT2D eigenvalue weighted by molar-refractivity contribution is 5.78. The molecule has 0 heterocycles. The average molecular weight is 212 g/mol. The molecular formula is C12H24N2O. The summed E-state index contributed by atoms with van der Waals surface area (Å²) < 4.78 is 0. The summed E-state index contributed by atoms with van der Waals surface area (Å²) in [6.45, 7) is 9.43. The maximum atomic E-state index is 11.7. The molecule has 88 valence electrons. The van der Waals surface area contributed by atoms with Crippen molar-refractivity contribution in [3.63, 3.8) is 0 Å². The van der Waals surface area contributed by atoms with Crippen molar-refractivity contribution < 1.29 is 4.79 Å². The Morgan fingerprint density at radius 2 is 1.87 bits per heavy atom. The Bertz CT molecular complexity index is 208. The maximum Gasteiger partial charge on any atom is 0.236 e. The summed E-state index contributed by atoms with van der Waals surface area (Å²) in [6, 6.07) is 0. The number of nitrogens with zero attached hydrogens (tertiary/aromatic N) is 1. The molecule has 1 aliphatic carbocycles. The number of hydrogen-bond donors (Lipinski definition) is 1. The first kappa shape index (κ1) is 12.5. The average Bonchev–Trinajstić information content (AvgIpc) is 3.00. The number of amides is 1. The molecule has 3 heteroatoms. The van der Waals surface area contributed by atoms with Crippen LogP contribution in [0.2, 0.25) is 0 Å². The summed E-state index contributed by atoms with van der Waals surface area (Å²) in [4.78, 5) is 13.5. The van der Waals surface area contributed by atoms with Crippen LogP contribution in [0.3, 0.4) is 0 Å². The number of nitrogens with one attached hydrogen (secondary N) is 1. The van der Waals surface area contributed by atoms with Gasteiger partial charge in [0.15, 0.2) is 0 Å². The minimum Gasteiger partial charge on any atom is -0.342 e. The van der Waals surface area contributed by atoms with Crippen LogP contribution in [-0.4, -0.2) is 37.0 Å². The Hall–Kier alpha value is -0.570. The van der Waals surface area contributed by atoms with E-state index in [-0.39, 0.29) is 5.91 Å². The zero-order chi connectivity index (χ0) is 11.3. The predicted octanol–water partition coefficient (Wildman–Crippen LogP) is 1.63. The van der Waals surface area contributed by atoms with Crippen molar-refractivity contribution in [1.29, 1.82) is 0 Å². The van der Waals surface area contributed by atoms with Gasteiger partial charge in [-0.25, -0.2) is 0 Å². The van der Waals surface area contributed by atoms with Crippen LogP contribution in [0.25, 0.3) is 0 Å². The van der Waals surface area contributed by atoms with Crippen LogP contribution < -0.4 is 5.32 Å². The molecule has 1 aliphatic rings. The van der Waals surface area contributed by atoms with Crippen LogP contribution in [-0.2, 0) is 4.79 Å². The summed E-state index contributed by atoms with van der Waals surface area (Å²) in [6.07, 6.45) is 3.89. The van der Waals surface area contributed by atoms with Crippen LogP contribution >= 0.6 is 0 Å². The van der Waals surface area contributed by atoms with Crippen molar-refractivity contribution in [3.05, 3.63) is 0 Å². The quantitative estimate of drug-likeness (QED) is 0.695. The summed E-state index contributed by atoms with van der Waals surface area (Å²) >= 11 is 0. The standard InChI is InChI=1S/C12H24N2O/c1-4-12(7-8-12)10-13-9-11(15)14(5-2)6-3/h13H,4-10H2,1-3H3. The highest BCUT2D eigenvalue weighted by atomic mass is 16.2. The van der Waals surface area contributed by atoms with Crippen LogP contribution in [0.1, 0.15) is 40.0 Å². The summed E-state index contributed by atoms with van der Waals surface area (Å²) in [7, 11) is 0. The van der Waals surface area contributed by atoms with E-state index >= 15 is 0 Å². The Kier molecular flexibility index (Phi) is 4.58. The number of rotatable bonds is 7. The smallest absolute Gasteiger partial charge is 0.236 e. The van der Waals surface area contributed by atoms with Crippen molar-refractivity contribution in [2.45, 2.75) is 40.0 Å². The molecule has 1 fully saturated rings. The molecule has 0 atom stereocenters. The minimum atomic E-state index is 0.229. The molecule has 0 saturated heterocycles. The molecule has 0 bridgehead atoms. The van der Waals surface area contributed by atoms with Crippen molar-refractivity contribution in [3.8, 4) is 0 Å². The number of likely N-dealkylation sites (N-methyl/N-ethyl adjacent to an activating group) is 1. The molecule has 0 aromatic carbocycles. The molecule has 0 spiro atoms. The minimum absolute atomic E-state index is 0.229. The summed E-state index contributed by atoms with van der Waals surface area (Å²) in [5, 5.41) is 3.30. The van der Waals surface area contributed by atoms with Crippen molar-refractivity contribution in [2.24, 2.45) is 5.41 Å². The molecular weight excluding hydrogens is 188 g/mol. The number of carbonyl (C=O) groups excluding carboxylic acids is 1. The largest absolute Gasteiger partial charge is 0.342 e. The third-order valence-corrected chi connectivity index (χ3v) is 3.60. The van der Waals surface area contributed by atoms with Gasteiger partial charge in [-0.3, -0.25) is 4.79 Å². The first-order valence-electron chi connectivity index (χ1n) is 6.16. The summed E-state index contributed by atoms with van der Waals surface area (Å²) in [5.41, 5.74) is 0.531. The van der Waals surface area contributed by atoms with Gasteiger partial charge >= 0.3 is 0 Å². The molecule has 0 aliphatic heterocycles. The highest BCUT2D eigenvalue weighted by Gasteiger charge is 2.39. The zero-order valence-corrected chi connectivity index (χ0v) is 10.3. The normalized spacial score (nSPS) is 17.5. The molecule has 1 saturated carbocycles. The lowest BCUT2D eigenvalue weighted by Crippen LogP contribution is -2.39. The van der Waals surface area contributed by atoms with E-state index in [9.17, 15) is 4.79 Å². The topological polar surface area (TPSA) is 32.3 Å². The number of carbonyl (C=O) groups is 1. The molecule has 0 aromatic rings. The van der Waals surface area contributed by atoms with Crippen LogP contribution in [0.5, 0.6) is 0 Å². The Balaban J connectivity index is 2.16. The van der Waals surface area contributed by atoms with E-state index in [1.54, 1.807) is 0 Å². The lowest BCUT2D eigenvalue weighted by Gasteiger charge is -2.20. The van der Waals surface area contributed by atoms with E-state index in [0.29, 0.717) is 12.0 Å². The van der Waals surface area contributed by atoms with Gasteiger partial charge in [-0.1, -0.05) is 6.92 Å². The second-order valence-corrected chi connectivity index (χ2v) is 4.52. The fourth-order valence-electron chi connectivity index (χ4n) is 1.95. The second kappa shape index (κ2) is 5.50. The summed E-state index contributed by atoms with van der Waals surface area (Å²) in [5.74, 6) is 0.229. The first-order valence-corrected chi connectivity index (χ1v) is 6.16. The van der Waals surface area contributed by atoms with E-state index in [1.807, 2.05) is 18.7 Å². The van der Waals surface area contributed by atoms with E-state index in [2.05, 4.69) is 12.2 Å². The Morgan fingerprint density at radius 3 is 2.27 bits per heavy atom. The lowest BCUT2D eigenvalue weighted by atomic mass is 10.0. The molecule has 15 heavy (non-hydrogen) atoms. The molecule has 3 nitrogen and oxygen atoms in total. The molecule has 0 radical (unpaired) electrons. The SMILES string of the molecule is CCN(CC)C(=O)CNCC1(CC)CC1. The monoisotopic (exact) mass is 212 g/mol. The third kappa shape index (κ3) is 3.49. The molecule has 1 N–H and O–H groups in total. The van der Waals surface area contributed by atoms with Crippen LogP contribution in [0.15, 0.2) is 0 Å². The number of hydrogen-bond acceptors (Lipinski definition) is 2.